The van der Waals surface area contributed by atoms with Crippen LogP contribution >= 0.6 is 0 Å². The van der Waals surface area contributed by atoms with E-state index < -0.39 is 28.6 Å². The van der Waals surface area contributed by atoms with E-state index in [4.69, 9.17) is 4.74 Å². The van der Waals surface area contributed by atoms with Gasteiger partial charge in [0, 0.05) is 13.0 Å². The van der Waals surface area contributed by atoms with Gasteiger partial charge in [-0.3, -0.25) is 9.59 Å². The van der Waals surface area contributed by atoms with E-state index in [1.807, 2.05) is 13.8 Å². The number of esters is 1. The molecule has 1 aromatic rings. The highest BCUT2D eigenvalue weighted by atomic mass is 32.2. The molecule has 1 aliphatic heterocycles. The lowest BCUT2D eigenvalue weighted by molar-refractivity contribution is -0.142. The van der Waals surface area contributed by atoms with Gasteiger partial charge in [-0.05, 0) is 17.5 Å². The Hall–Kier alpha value is -2.09. The highest BCUT2D eigenvalue weighted by Gasteiger charge is 2.44. The summed E-state index contributed by atoms with van der Waals surface area (Å²) in [6.45, 7) is 4.21. The summed E-state index contributed by atoms with van der Waals surface area (Å²) in [7, 11) is -2.63. The standard InChI is InChI=1S/C14H17NO6S/c1-8(2)11-5-10(20-4)6-12-13(11)14(17)15(22(12,18)19)7-21-9(3)16/h5-6,8H,7H2,1-4H3. The van der Waals surface area contributed by atoms with Crippen LogP contribution in [0.4, 0.5) is 0 Å². The Morgan fingerprint density at radius 3 is 2.45 bits per heavy atom. The van der Waals surface area contributed by atoms with E-state index >= 15 is 0 Å². The van der Waals surface area contributed by atoms with E-state index in [-0.39, 0.29) is 16.4 Å². The second-order valence-electron chi connectivity index (χ2n) is 5.17. The second-order valence-corrected chi connectivity index (χ2v) is 7.00. The molecule has 8 heteroatoms. The molecule has 0 spiro atoms. The number of carbonyl (C=O) groups is 2. The number of amides is 1. The fourth-order valence-corrected chi connectivity index (χ4v) is 3.71. The van der Waals surface area contributed by atoms with Gasteiger partial charge >= 0.3 is 5.97 Å². The zero-order valence-electron chi connectivity index (χ0n) is 12.7. The second kappa shape index (κ2) is 5.60. The van der Waals surface area contributed by atoms with Gasteiger partial charge < -0.3 is 9.47 Å². The van der Waals surface area contributed by atoms with Crippen LogP contribution in [0.25, 0.3) is 0 Å². The van der Waals surface area contributed by atoms with Crippen LogP contribution in [0.15, 0.2) is 17.0 Å². The minimum atomic E-state index is -4.05. The first-order valence-electron chi connectivity index (χ1n) is 6.62. The lowest BCUT2D eigenvalue weighted by atomic mass is 9.96. The number of ether oxygens (including phenoxy) is 2. The van der Waals surface area contributed by atoms with Crippen molar-refractivity contribution in [3.8, 4) is 5.75 Å². The Kier molecular flexibility index (Phi) is 4.15. The van der Waals surface area contributed by atoms with Crippen molar-refractivity contribution in [3.63, 3.8) is 0 Å². The Labute approximate surface area is 128 Å². The van der Waals surface area contributed by atoms with Crippen molar-refractivity contribution >= 4 is 21.9 Å². The van der Waals surface area contributed by atoms with Gasteiger partial charge in [0.05, 0.1) is 12.7 Å². The number of hydrogen-bond acceptors (Lipinski definition) is 6. The van der Waals surface area contributed by atoms with E-state index in [0.717, 1.165) is 6.92 Å². The zero-order valence-corrected chi connectivity index (χ0v) is 13.6. The molecule has 2 rings (SSSR count). The smallest absolute Gasteiger partial charge is 0.304 e. The molecule has 22 heavy (non-hydrogen) atoms. The fourth-order valence-electron chi connectivity index (χ4n) is 2.25. The first-order valence-corrected chi connectivity index (χ1v) is 8.06. The van der Waals surface area contributed by atoms with Crippen LogP contribution < -0.4 is 4.74 Å². The summed E-state index contributed by atoms with van der Waals surface area (Å²) in [5.41, 5.74) is 0.691. The third kappa shape index (κ3) is 2.54. The van der Waals surface area contributed by atoms with Gasteiger partial charge in [0.2, 0.25) is 0 Å². The van der Waals surface area contributed by atoms with Gasteiger partial charge in [-0.2, -0.15) is 4.31 Å². The molecule has 0 aliphatic carbocycles. The summed E-state index contributed by atoms with van der Waals surface area (Å²) in [4.78, 5) is 23.2. The SMILES string of the molecule is COc1cc(C(C)C)c2c(c1)S(=O)(=O)N(COC(C)=O)C2=O. The van der Waals surface area contributed by atoms with Gasteiger partial charge in [0.15, 0.2) is 6.73 Å². The molecule has 0 atom stereocenters. The molecule has 0 unspecified atom stereocenters. The van der Waals surface area contributed by atoms with Gasteiger partial charge in [-0.1, -0.05) is 13.8 Å². The minimum absolute atomic E-state index is 0.0725. The molecule has 1 heterocycles. The van der Waals surface area contributed by atoms with Gasteiger partial charge in [-0.15, -0.1) is 0 Å². The number of hydrogen-bond donors (Lipinski definition) is 0. The van der Waals surface area contributed by atoms with Crippen LogP contribution in [0.1, 0.15) is 42.6 Å². The zero-order chi connectivity index (χ0) is 16.7. The summed E-state index contributed by atoms with van der Waals surface area (Å²) in [6.07, 6.45) is 0. The van der Waals surface area contributed by atoms with Crippen LogP contribution in [0.2, 0.25) is 0 Å². The Bertz CT molecular complexity index is 738. The molecule has 0 bridgehead atoms. The van der Waals surface area contributed by atoms with E-state index in [1.165, 1.54) is 13.2 Å². The van der Waals surface area contributed by atoms with Crippen molar-refractivity contribution < 1.29 is 27.5 Å². The highest BCUT2D eigenvalue weighted by molar-refractivity contribution is 7.90. The molecule has 1 amide bonds. The van der Waals surface area contributed by atoms with Crippen LogP contribution in [-0.4, -0.2) is 38.4 Å². The number of carbonyl (C=O) groups excluding carboxylic acids is 2. The summed E-state index contributed by atoms with van der Waals surface area (Å²) >= 11 is 0. The quantitative estimate of drug-likeness (QED) is 0.778. The maximum atomic E-state index is 12.5. The van der Waals surface area contributed by atoms with Gasteiger partial charge in [0.25, 0.3) is 15.9 Å². The van der Waals surface area contributed by atoms with Crippen LogP contribution in [0, 0.1) is 0 Å². The Morgan fingerprint density at radius 2 is 1.95 bits per heavy atom. The first-order chi connectivity index (χ1) is 10.2. The van der Waals surface area contributed by atoms with E-state index in [9.17, 15) is 18.0 Å². The molecule has 0 radical (unpaired) electrons. The number of methoxy groups -OCH3 is 1. The molecule has 7 nitrogen and oxygen atoms in total. The molecule has 0 aromatic heterocycles. The first kappa shape index (κ1) is 16.3. The largest absolute Gasteiger partial charge is 0.497 e. The van der Waals surface area contributed by atoms with Crippen LogP contribution in [-0.2, 0) is 19.6 Å². The van der Waals surface area contributed by atoms with Crippen molar-refractivity contribution in [1.29, 1.82) is 0 Å². The molecular weight excluding hydrogens is 310 g/mol. The molecule has 0 saturated carbocycles. The predicted octanol–water partition coefficient (Wildman–Crippen LogP) is 1.48. The number of nitrogens with zero attached hydrogens (tertiary/aromatic N) is 1. The summed E-state index contributed by atoms with van der Waals surface area (Å²) in [5.74, 6) is -1.08. The monoisotopic (exact) mass is 327 g/mol. The Morgan fingerprint density at radius 1 is 1.32 bits per heavy atom. The minimum Gasteiger partial charge on any atom is -0.497 e. The third-order valence-corrected chi connectivity index (χ3v) is 5.09. The number of rotatable bonds is 4. The average Bonchev–Trinajstić information content (AvgIpc) is 2.63. The molecule has 1 aliphatic rings. The summed E-state index contributed by atoms with van der Waals surface area (Å²) in [6, 6.07) is 2.95. The van der Waals surface area contributed by atoms with Gasteiger partial charge in [-0.25, -0.2) is 8.42 Å². The molecule has 120 valence electrons. The topological polar surface area (TPSA) is 90.0 Å². The summed E-state index contributed by atoms with van der Waals surface area (Å²) in [5, 5.41) is 0. The van der Waals surface area contributed by atoms with Gasteiger partial charge in [0.1, 0.15) is 10.6 Å². The molecule has 1 aromatic carbocycles. The average molecular weight is 327 g/mol. The highest BCUT2D eigenvalue weighted by Crippen LogP contribution is 2.38. The van der Waals surface area contributed by atoms with Crippen LogP contribution in [0.3, 0.4) is 0 Å². The third-order valence-electron chi connectivity index (χ3n) is 3.36. The maximum Gasteiger partial charge on any atom is 0.304 e. The van der Waals surface area contributed by atoms with Crippen LogP contribution in [0.5, 0.6) is 5.75 Å². The maximum absolute atomic E-state index is 12.5. The van der Waals surface area contributed by atoms with Crippen molar-refractivity contribution in [2.24, 2.45) is 0 Å². The van der Waals surface area contributed by atoms with Crippen molar-refractivity contribution in [1.82, 2.24) is 4.31 Å². The van der Waals surface area contributed by atoms with Crippen molar-refractivity contribution in [3.05, 3.63) is 23.3 Å². The number of fused-ring (bicyclic) bond motifs is 1. The fraction of sp³-hybridized carbons (Fsp3) is 0.429. The molecule has 0 N–H and O–H groups in total. The summed E-state index contributed by atoms with van der Waals surface area (Å²) < 4.78 is 35.4. The molecule has 0 fully saturated rings. The lowest BCUT2D eigenvalue weighted by Crippen LogP contribution is -2.33. The van der Waals surface area contributed by atoms with E-state index in [1.54, 1.807) is 6.07 Å². The van der Waals surface area contributed by atoms with Crippen molar-refractivity contribution in [2.45, 2.75) is 31.6 Å². The predicted molar refractivity (Wildman–Crippen MR) is 77.1 cm³/mol. The normalized spacial score (nSPS) is 15.9. The van der Waals surface area contributed by atoms with E-state index in [2.05, 4.69) is 4.74 Å². The van der Waals surface area contributed by atoms with Crippen molar-refractivity contribution in [2.75, 3.05) is 13.8 Å². The number of benzene rings is 1. The Balaban J connectivity index is 2.61. The molecule has 0 saturated heterocycles. The lowest BCUT2D eigenvalue weighted by Gasteiger charge is -2.14. The van der Waals surface area contributed by atoms with E-state index in [0.29, 0.717) is 15.6 Å². The molecular formula is C14H17NO6S. The number of sulfonamides is 1.